The molecular formula is C19H28N4O2S. The van der Waals surface area contributed by atoms with Crippen LogP contribution in [0.15, 0.2) is 47.6 Å². The maximum Gasteiger partial charge on any atom is 0.243 e. The van der Waals surface area contributed by atoms with E-state index in [0.717, 1.165) is 45.3 Å². The minimum Gasteiger partial charge on any atom is -0.302 e. The lowest BCUT2D eigenvalue weighted by atomic mass is 10.1. The first kappa shape index (κ1) is 19.1. The number of aromatic nitrogens is 2. The first-order valence-corrected chi connectivity index (χ1v) is 10.9. The van der Waals surface area contributed by atoms with Crippen LogP contribution in [0.2, 0.25) is 0 Å². The molecule has 0 bridgehead atoms. The molecule has 3 rings (SSSR count). The predicted molar refractivity (Wildman–Crippen MR) is 102 cm³/mol. The summed E-state index contributed by atoms with van der Waals surface area (Å²) < 4.78 is 29.6. The van der Waals surface area contributed by atoms with Crippen LogP contribution in [-0.4, -0.2) is 48.8 Å². The zero-order valence-corrected chi connectivity index (χ0v) is 16.2. The third-order valence-corrected chi connectivity index (χ3v) is 6.33. The monoisotopic (exact) mass is 376 g/mol. The van der Waals surface area contributed by atoms with Gasteiger partial charge < -0.3 is 4.90 Å². The summed E-state index contributed by atoms with van der Waals surface area (Å²) in [7, 11) is -3.50. The van der Waals surface area contributed by atoms with Crippen LogP contribution >= 0.6 is 0 Å². The molecule has 1 aromatic heterocycles. The van der Waals surface area contributed by atoms with Gasteiger partial charge in [-0.2, -0.15) is 5.10 Å². The standard InChI is InChI=1S/C19H28N4O2S/c1-2-23-16-19(14-20-23)26(24,25)21-18-11-7-13-22(15-18)12-6-10-17-8-4-3-5-9-17/h3-5,8-9,14,16,18,21H,2,6-7,10-13,15H2,1H3/t18-/m1/s1. The molecule has 1 aliphatic rings. The Labute approximate surface area is 156 Å². The molecule has 0 saturated carbocycles. The summed E-state index contributed by atoms with van der Waals surface area (Å²) in [4.78, 5) is 2.62. The molecule has 0 spiro atoms. The van der Waals surface area contributed by atoms with Gasteiger partial charge in [-0.15, -0.1) is 0 Å². The number of hydrogen-bond acceptors (Lipinski definition) is 4. The zero-order valence-electron chi connectivity index (χ0n) is 15.3. The fraction of sp³-hybridized carbons (Fsp3) is 0.526. The van der Waals surface area contributed by atoms with E-state index in [2.05, 4.69) is 39.0 Å². The fourth-order valence-corrected chi connectivity index (χ4v) is 4.66. The SMILES string of the molecule is CCn1cc(S(=O)(=O)N[C@@H]2CCCN(CCCc3ccccc3)C2)cn1. The molecule has 1 aromatic carbocycles. The molecule has 7 heteroatoms. The minimum absolute atomic E-state index is 0.0320. The van der Waals surface area contributed by atoms with Crippen molar-refractivity contribution in [3.63, 3.8) is 0 Å². The van der Waals surface area contributed by atoms with Gasteiger partial charge in [0, 0.05) is 25.3 Å². The van der Waals surface area contributed by atoms with Gasteiger partial charge in [0.15, 0.2) is 0 Å². The smallest absolute Gasteiger partial charge is 0.243 e. The van der Waals surface area contributed by atoms with E-state index in [1.807, 2.05) is 13.0 Å². The van der Waals surface area contributed by atoms with Crippen molar-refractivity contribution in [2.45, 2.75) is 50.1 Å². The van der Waals surface area contributed by atoms with Crippen LogP contribution in [0.5, 0.6) is 0 Å². The number of rotatable bonds is 8. The van der Waals surface area contributed by atoms with E-state index in [0.29, 0.717) is 6.54 Å². The van der Waals surface area contributed by atoms with Crippen molar-refractivity contribution in [2.75, 3.05) is 19.6 Å². The Morgan fingerprint density at radius 1 is 1.27 bits per heavy atom. The molecule has 6 nitrogen and oxygen atoms in total. The molecule has 1 atom stereocenters. The van der Waals surface area contributed by atoms with Gasteiger partial charge in [-0.25, -0.2) is 13.1 Å². The number of benzene rings is 1. The van der Waals surface area contributed by atoms with Crippen molar-refractivity contribution >= 4 is 10.0 Å². The molecule has 1 aliphatic heterocycles. The number of aryl methyl sites for hydroxylation is 2. The quantitative estimate of drug-likeness (QED) is 0.767. The first-order valence-electron chi connectivity index (χ1n) is 9.38. The number of nitrogens with zero attached hydrogens (tertiary/aromatic N) is 3. The molecule has 0 unspecified atom stereocenters. The molecule has 1 N–H and O–H groups in total. The lowest BCUT2D eigenvalue weighted by Crippen LogP contribution is -2.47. The van der Waals surface area contributed by atoms with E-state index in [1.165, 1.54) is 11.8 Å². The topological polar surface area (TPSA) is 67.2 Å². The van der Waals surface area contributed by atoms with E-state index in [9.17, 15) is 8.42 Å². The number of nitrogens with one attached hydrogen (secondary N) is 1. The summed E-state index contributed by atoms with van der Waals surface area (Å²) in [5.41, 5.74) is 1.36. The van der Waals surface area contributed by atoms with E-state index in [1.54, 1.807) is 10.9 Å². The van der Waals surface area contributed by atoms with Crippen molar-refractivity contribution in [3.05, 3.63) is 48.3 Å². The molecule has 142 valence electrons. The van der Waals surface area contributed by atoms with Gasteiger partial charge in [0.25, 0.3) is 0 Å². The van der Waals surface area contributed by atoms with E-state index >= 15 is 0 Å². The Morgan fingerprint density at radius 2 is 2.08 bits per heavy atom. The Bertz CT molecular complexity index is 789. The normalized spacial score (nSPS) is 18.9. The molecule has 0 amide bonds. The Morgan fingerprint density at radius 3 is 2.81 bits per heavy atom. The third kappa shape index (κ3) is 5.16. The number of sulfonamides is 1. The summed E-state index contributed by atoms with van der Waals surface area (Å²) >= 11 is 0. The van der Waals surface area contributed by atoms with Gasteiger partial charge in [-0.1, -0.05) is 30.3 Å². The van der Waals surface area contributed by atoms with Crippen LogP contribution in [0, 0.1) is 0 Å². The van der Waals surface area contributed by atoms with Crippen molar-refractivity contribution in [3.8, 4) is 0 Å². The summed E-state index contributed by atoms with van der Waals surface area (Å²) in [6, 6.07) is 10.5. The second-order valence-corrected chi connectivity index (χ2v) is 8.60. The summed E-state index contributed by atoms with van der Waals surface area (Å²) in [6.07, 6.45) is 7.06. The minimum atomic E-state index is -3.50. The van der Waals surface area contributed by atoms with Crippen molar-refractivity contribution in [2.24, 2.45) is 0 Å². The van der Waals surface area contributed by atoms with Crippen LogP contribution in [0.1, 0.15) is 31.7 Å². The molecule has 1 saturated heterocycles. The second kappa shape index (κ2) is 8.79. The van der Waals surface area contributed by atoms with Gasteiger partial charge in [0.05, 0.1) is 6.20 Å². The number of hydrogen-bond donors (Lipinski definition) is 1. The van der Waals surface area contributed by atoms with Crippen LogP contribution in [0.25, 0.3) is 0 Å². The largest absolute Gasteiger partial charge is 0.302 e. The zero-order chi connectivity index (χ0) is 18.4. The average Bonchev–Trinajstić information content (AvgIpc) is 3.13. The summed E-state index contributed by atoms with van der Waals surface area (Å²) in [5.74, 6) is 0. The van der Waals surface area contributed by atoms with E-state index in [4.69, 9.17) is 0 Å². The first-order chi connectivity index (χ1) is 12.6. The van der Waals surface area contributed by atoms with Gasteiger partial charge in [0.2, 0.25) is 10.0 Å². The average molecular weight is 377 g/mol. The highest BCUT2D eigenvalue weighted by Gasteiger charge is 2.25. The maximum atomic E-state index is 12.6. The summed E-state index contributed by atoms with van der Waals surface area (Å²) in [6.45, 7) is 5.41. The van der Waals surface area contributed by atoms with Crippen LogP contribution in [0.3, 0.4) is 0 Å². The lowest BCUT2D eigenvalue weighted by Gasteiger charge is -2.32. The molecule has 0 aliphatic carbocycles. The van der Waals surface area contributed by atoms with E-state index in [-0.39, 0.29) is 10.9 Å². The Balaban J connectivity index is 1.50. The highest BCUT2D eigenvalue weighted by Crippen LogP contribution is 2.15. The van der Waals surface area contributed by atoms with Gasteiger partial charge in [-0.3, -0.25) is 4.68 Å². The van der Waals surface area contributed by atoms with Crippen LogP contribution in [-0.2, 0) is 23.0 Å². The Kier molecular flexibility index (Phi) is 6.45. The molecule has 2 aromatic rings. The van der Waals surface area contributed by atoms with Crippen LogP contribution in [0.4, 0.5) is 0 Å². The van der Waals surface area contributed by atoms with Crippen molar-refractivity contribution in [1.82, 2.24) is 19.4 Å². The number of piperidine rings is 1. The van der Waals surface area contributed by atoms with Gasteiger partial charge in [0.1, 0.15) is 4.90 Å². The lowest BCUT2D eigenvalue weighted by molar-refractivity contribution is 0.200. The molecule has 2 heterocycles. The fourth-order valence-electron chi connectivity index (χ4n) is 3.45. The van der Waals surface area contributed by atoms with E-state index < -0.39 is 10.0 Å². The number of likely N-dealkylation sites (tertiary alicyclic amines) is 1. The second-order valence-electron chi connectivity index (χ2n) is 6.88. The van der Waals surface area contributed by atoms with Crippen molar-refractivity contribution in [1.29, 1.82) is 0 Å². The van der Waals surface area contributed by atoms with Gasteiger partial charge >= 0.3 is 0 Å². The molecule has 0 radical (unpaired) electrons. The predicted octanol–water partition coefficient (Wildman–Crippen LogP) is 2.28. The highest BCUT2D eigenvalue weighted by molar-refractivity contribution is 7.89. The van der Waals surface area contributed by atoms with Crippen LogP contribution < -0.4 is 4.72 Å². The van der Waals surface area contributed by atoms with Gasteiger partial charge in [-0.05, 0) is 51.3 Å². The maximum absolute atomic E-state index is 12.6. The Hall–Kier alpha value is -1.70. The third-order valence-electron chi connectivity index (χ3n) is 4.85. The molecule has 1 fully saturated rings. The molecule has 26 heavy (non-hydrogen) atoms. The highest BCUT2D eigenvalue weighted by atomic mass is 32.2. The van der Waals surface area contributed by atoms with Crippen molar-refractivity contribution < 1.29 is 8.42 Å². The summed E-state index contributed by atoms with van der Waals surface area (Å²) in [5, 5.41) is 4.07. The molecular weight excluding hydrogens is 348 g/mol.